The number of nitrogens with two attached hydrogens (primary N) is 1. The van der Waals surface area contributed by atoms with Crippen molar-refractivity contribution in [1.82, 2.24) is 0 Å². The molecule has 2 rings (SSSR count). The SMILES string of the molecule is NC(=O)C1CC2(CC2)CO1. The highest BCUT2D eigenvalue weighted by atomic mass is 16.5. The van der Waals surface area contributed by atoms with Crippen molar-refractivity contribution in [3.8, 4) is 0 Å². The lowest BCUT2D eigenvalue weighted by molar-refractivity contribution is -0.126. The Labute approximate surface area is 59.5 Å². The summed E-state index contributed by atoms with van der Waals surface area (Å²) in [5.74, 6) is -0.302. The second-order valence-electron chi connectivity index (χ2n) is 3.41. The summed E-state index contributed by atoms with van der Waals surface area (Å²) in [6, 6.07) is 0. The van der Waals surface area contributed by atoms with Gasteiger partial charge in [0, 0.05) is 0 Å². The van der Waals surface area contributed by atoms with Gasteiger partial charge in [-0.1, -0.05) is 0 Å². The van der Waals surface area contributed by atoms with Gasteiger partial charge in [-0.3, -0.25) is 4.79 Å². The first-order valence-corrected chi connectivity index (χ1v) is 3.63. The lowest BCUT2D eigenvalue weighted by atomic mass is 10.0. The first kappa shape index (κ1) is 6.16. The van der Waals surface area contributed by atoms with Crippen LogP contribution < -0.4 is 5.73 Å². The zero-order valence-electron chi connectivity index (χ0n) is 5.80. The minimum absolute atomic E-state index is 0.289. The van der Waals surface area contributed by atoms with Gasteiger partial charge in [0.15, 0.2) is 0 Å². The highest BCUT2D eigenvalue weighted by Crippen LogP contribution is 2.53. The Hall–Kier alpha value is -0.570. The Bertz CT molecular complexity index is 174. The minimum atomic E-state index is -0.302. The average molecular weight is 141 g/mol. The van der Waals surface area contributed by atoms with Crippen LogP contribution in [0.1, 0.15) is 19.3 Å². The van der Waals surface area contributed by atoms with E-state index < -0.39 is 0 Å². The molecular formula is C7H11NO2. The zero-order valence-corrected chi connectivity index (χ0v) is 5.80. The number of hydrogen-bond donors (Lipinski definition) is 1. The van der Waals surface area contributed by atoms with Crippen molar-refractivity contribution >= 4 is 5.91 Å². The van der Waals surface area contributed by atoms with Gasteiger partial charge in [-0.05, 0) is 24.7 Å². The van der Waals surface area contributed by atoms with E-state index in [1.807, 2.05) is 0 Å². The summed E-state index contributed by atoms with van der Waals surface area (Å²) >= 11 is 0. The molecule has 1 unspecified atom stereocenters. The summed E-state index contributed by atoms with van der Waals surface area (Å²) in [4.78, 5) is 10.6. The van der Waals surface area contributed by atoms with Gasteiger partial charge in [-0.15, -0.1) is 0 Å². The van der Waals surface area contributed by atoms with E-state index in [1.54, 1.807) is 0 Å². The molecule has 1 heterocycles. The highest BCUT2D eigenvalue weighted by molar-refractivity contribution is 5.79. The molecule has 0 aromatic rings. The quantitative estimate of drug-likeness (QED) is 0.560. The summed E-state index contributed by atoms with van der Waals surface area (Å²) in [6.45, 7) is 0.751. The Morgan fingerprint density at radius 2 is 2.30 bits per heavy atom. The van der Waals surface area contributed by atoms with Crippen LogP contribution >= 0.6 is 0 Å². The monoisotopic (exact) mass is 141 g/mol. The van der Waals surface area contributed by atoms with E-state index in [0.29, 0.717) is 5.41 Å². The number of primary amides is 1. The Morgan fingerprint density at radius 3 is 2.60 bits per heavy atom. The van der Waals surface area contributed by atoms with Gasteiger partial charge in [-0.2, -0.15) is 0 Å². The normalized spacial score (nSPS) is 34.6. The van der Waals surface area contributed by atoms with Crippen LogP contribution in [0.4, 0.5) is 0 Å². The Kier molecular flexibility index (Phi) is 1.06. The Morgan fingerprint density at radius 1 is 1.60 bits per heavy atom. The van der Waals surface area contributed by atoms with E-state index in [0.717, 1.165) is 13.0 Å². The molecule has 0 aromatic carbocycles. The fourth-order valence-electron chi connectivity index (χ4n) is 1.50. The van der Waals surface area contributed by atoms with Crippen LogP contribution in [0.5, 0.6) is 0 Å². The largest absolute Gasteiger partial charge is 0.368 e. The van der Waals surface area contributed by atoms with Gasteiger partial charge in [0.1, 0.15) is 6.10 Å². The molecule has 0 radical (unpaired) electrons. The third-order valence-corrected chi connectivity index (χ3v) is 2.48. The second-order valence-corrected chi connectivity index (χ2v) is 3.41. The predicted octanol–water partition coefficient (Wildman–Crippen LogP) is 0.0408. The van der Waals surface area contributed by atoms with Crippen molar-refractivity contribution in [3.05, 3.63) is 0 Å². The number of carbonyl (C=O) groups is 1. The standard InChI is InChI=1S/C7H11NO2/c8-6(9)5-3-7(1-2-7)4-10-5/h5H,1-4H2,(H2,8,9). The lowest BCUT2D eigenvalue weighted by Crippen LogP contribution is -2.27. The molecule has 3 heteroatoms. The van der Waals surface area contributed by atoms with Gasteiger partial charge in [0.25, 0.3) is 0 Å². The van der Waals surface area contributed by atoms with E-state index >= 15 is 0 Å². The maximum absolute atomic E-state index is 10.6. The van der Waals surface area contributed by atoms with E-state index in [4.69, 9.17) is 10.5 Å². The average Bonchev–Trinajstić information content (AvgIpc) is 2.41. The van der Waals surface area contributed by atoms with Crippen molar-refractivity contribution in [1.29, 1.82) is 0 Å². The van der Waals surface area contributed by atoms with Gasteiger partial charge in [-0.25, -0.2) is 0 Å². The molecule has 0 bridgehead atoms. The predicted molar refractivity (Wildman–Crippen MR) is 35.2 cm³/mol. The van der Waals surface area contributed by atoms with Crippen LogP contribution in [0.25, 0.3) is 0 Å². The number of hydrogen-bond acceptors (Lipinski definition) is 2. The summed E-state index contributed by atoms with van der Waals surface area (Å²) in [5, 5.41) is 0. The van der Waals surface area contributed by atoms with Crippen LogP contribution in [0.3, 0.4) is 0 Å². The molecule has 1 aliphatic heterocycles. The molecular weight excluding hydrogens is 130 g/mol. The topological polar surface area (TPSA) is 52.3 Å². The molecule has 1 aliphatic carbocycles. The summed E-state index contributed by atoms with van der Waals surface area (Å²) in [5.41, 5.74) is 5.46. The first-order valence-electron chi connectivity index (χ1n) is 3.63. The van der Waals surface area contributed by atoms with Gasteiger partial charge in [0.05, 0.1) is 6.61 Å². The summed E-state index contributed by atoms with van der Waals surface area (Å²) in [7, 11) is 0. The molecule has 56 valence electrons. The molecule has 1 spiro atoms. The van der Waals surface area contributed by atoms with Crippen LogP contribution in [0.15, 0.2) is 0 Å². The number of ether oxygens (including phenoxy) is 1. The molecule has 1 amide bonds. The molecule has 1 atom stereocenters. The maximum Gasteiger partial charge on any atom is 0.246 e. The van der Waals surface area contributed by atoms with Crippen molar-refractivity contribution in [2.45, 2.75) is 25.4 Å². The molecule has 0 aromatic heterocycles. The molecule has 2 fully saturated rings. The van der Waals surface area contributed by atoms with Crippen LogP contribution in [-0.2, 0) is 9.53 Å². The smallest absolute Gasteiger partial charge is 0.246 e. The highest BCUT2D eigenvalue weighted by Gasteiger charge is 2.50. The van der Waals surface area contributed by atoms with E-state index in [9.17, 15) is 4.79 Å². The van der Waals surface area contributed by atoms with Gasteiger partial charge >= 0.3 is 0 Å². The van der Waals surface area contributed by atoms with Crippen molar-refractivity contribution in [2.24, 2.45) is 11.1 Å². The lowest BCUT2D eigenvalue weighted by Gasteiger charge is -2.01. The van der Waals surface area contributed by atoms with Gasteiger partial charge < -0.3 is 10.5 Å². The van der Waals surface area contributed by atoms with Crippen LogP contribution in [0, 0.1) is 5.41 Å². The number of amides is 1. The number of rotatable bonds is 1. The van der Waals surface area contributed by atoms with Gasteiger partial charge in [0.2, 0.25) is 5.91 Å². The number of carbonyl (C=O) groups excluding carboxylic acids is 1. The fourth-order valence-corrected chi connectivity index (χ4v) is 1.50. The zero-order chi connectivity index (χ0) is 7.19. The first-order chi connectivity index (χ1) is 4.72. The van der Waals surface area contributed by atoms with Crippen molar-refractivity contribution in [2.75, 3.05) is 6.61 Å². The van der Waals surface area contributed by atoms with E-state index in [1.165, 1.54) is 12.8 Å². The summed E-state index contributed by atoms with van der Waals surface area (Å²) in [6.07, 6.45) is 3.01. The summed E-state index contributed by atoms with van der Waals surface area (Å²) < 4.78 is 5.22. The van der Waals surface area contributed by atoms with E-state index in [-0.39, 0.29) is 12.0 Å². The molecule has 3 nitrogen and oxygen atoms in total. The molecule has 1 saturated carbocycles. The second kappa shape index (κ2) is 1.72. The Balaban J connectivity index is 1.99. The maximum atomic E-state index is 10.6. The minimum Gasteiger partial charge on any atom is -0.368 e. The van der Waals surface area contributed by atoms with Crippen molar-refractivity contribution < 1.29 is 9.53 Å². The molecule has 2 N–H and O–H groups in total. The van der Waals surface area contributed by atoms with E-state index in [2.05, 4.69) is 0 Å². The van der Waals surface area contributed by atoms with Crippen molar-refractivity contribution in [3.63, 3.8) is 0 Å². The van der Waals surface area contributed by atoms with Crippen LogP contribution in [0.2, 0.25) is 0 Å². The third-order valence-electron chi connectivity index (χ3n) is 2.48. The third kappa shape index (κ3) is 0.814. The fraction of sp³-hybridized carbons (Fsp3) is 0.857. The molecule has 1 saturated heterocycles. The molecule has 2 aliphatic rings. The van der Waals surface area contributed by atoms with Crippen LogP contribution in [-0.4, -0.2) is 18.6 Å². The molecule has 10 heavy (non-hydrogen) atoms.